The summed E-state index contributed by atoms with van der Waals surface area (Å²) in [6.07, 6.45) is 11.0. The minimum atomic E-state index is 0.512. The van der Waals surface area contributed by atoms with Crippen LogP contribution in [0.5, 0.6) is 0 Å². The van der Waals surface area contributed by atoms with Crippen molar-refractivity contribution in [2.24, 2.45) is 11.3 Å². The van der Waals surface area contributed by atoms with E-state index in [1.54, 1.807) is 11.8 Å². The molecule has 120 valence electrons. The SMILES string of the molecule is CSc1nccc(N2CC[C@]3(CCCN(CC4CC4)C3)C2)n1. The van der Waals surface area contributed by atoms with Crippen molar-refractivity contribution >= 4 is 17.6 Å². The minimum absolute atomic E-state index is 0.512. The average molecular weight is 318 g/mol. The van der Waals surface area contributed by atoms with Crippen LogP contribution in [0.15, 0.2) is 17.4 Å². The minimum Gasteiger partial charge on any atom is -0.356 e. The van der Waals surface area contributed by atoms with Gasteiger partial charge in [-0.25, -0.2) is 9.97 Å². The Balaban J connectivity index is 1.43. The average Bonchev–Trinajstić information content (AvgIpc) is 3.27. The Morgan fingerprint density at radius 3 is 3.00 bits per heavy atom. The zero-order valence-electron chi connectivity index (χ0n) is 13.5. The summed E-state index contributed by atoms with van der Waals surface area (Å²) >= 11 is 1.63. The molecule has 0 bridgehead atoms. The molecule has 0 aromatic carbocycles. The maximum Gasteiger partial charge on any atom is 0.189 e. The lowest BCUT2D eigenvalue weighted by Crippen LogP contribution is -2.45. The molecule has 1 spiro atoms. The van der Waals surface area contributed by atoms with E-state index in [9.17, 15) is 0 Å². The lowest BCUT2D eigenvalue weighted by molar-refractivity contribution is 0.101. The molecule has 0 radical (unpaired) electrons. The number of piperidine rings is 1. The Bertz CT molecular complexity index is 533. The maximum atomic E-state index is 4.69. The van der Waals surface area contributed by atoms with E-state index in [4.69, 9.17) is 4.98 Å². The van der Waals surface area contributed by atoms with Crippen LogP contribution in [-0.2, 0) is 0 Å². The van der Waals surface area contributed by atoms with Crippen molar-refractivity contribution in [2.75, 3.05) is 43.9 Å². The van der Waals surface area contributed by atoms with E-state index in [0.717, 1.165) is 23.4 Å². The molecule has 3 heterocycles. The summed E-state index contributed by atoms with van der Waals surface area (Å²) in [5.41, 5.74) is 0.512. The monoisotopic (exact) mass is 318 g/mol. The quantitative estimate of drug-likeness (QED) is 0.629. The predicted molar refractivity (Wildman–Crippen MR) is 91.5 cm³/mol. The number of nitrogens with zero attached hydrogens (tertiary/aromatic N) is 4. The van der Waals surface area contributed by atoms with Gasteiger partial charge < -0.3 is 9.80 Å². The Hall–Kier alpha value is -0.810. The highest BCUT2D eigenvalue weighted by molar-refractivity contribution is 7.98. The molecule has 1 aromatic heterocycles. The van der Waals surface area contributed by atoms with Gasteiger partial charge in [0.05, 0.1) is 0 Å². The molecule has 1 aliphatic carbocycles. The first-order valence-electron chi connectivity index (χ1n) is 8.61. The molecule has 1 saturated carbocycles. The van der Waals surface area contributed by atoms with Gasteiger partial charge in [0.25, 0.3) is 0 Å². The summed E-state index contributed by atoms with van der Waals surface area (Å²) in [4.78, 5) is 14.2. The first kappa shape index (κ1) is 14.8. The summed E-state index contributed by atoms with van der Waals surface area (Å²) in [6.45, 7) is 6.32. The van der Waals surface area contributed by atoms with Gasteiger partial charge in [-0.2, -0.15) is 0 Å². The van der Waals surface area contributed by atoms with E-state index in [0.29, 0.717) is 5.41 Å². The van der Waals surface area contributed by atoms with Crippen molar-refractivity contribution in [2.45, 2.75) is 37.3 Å². The Labute approximate surface area is 137 Å². The van der Waals surface area contributed by atoms with Crippen molar-refractivity contribution in [1.29, 1.82) is 0 Å². The molecular weight excluding hydrogens is 292 g/mol. The Morgan fingerprint density at radius 1 is 1.27 bits per heavy atom. The van der Waals surface area contributed by atoms with Crippen LogP contribution in [0.4, 0.5) is 5.82 Å². The lowest BCUT2D eigenvalue weighted by atomic mass is 9.79. The third kappa shape index (κ3) is 3.11. The van der Waals surface area contributed by atoms with Gasteiger partial charge in [0.2, 0.25) is 0 Å². The van der Waals surface area contributed by atoms with Gasteiger partial charge in [0.15, 0.2) is 5.16 Å². The maximum absolute atomic E-state index is 4.69. The number of hydrogen-bond acceptors (Lipinski definition) is 5. The lowest BCUT2D eigenvalue weighted by Gasteiger charge is -2.40. The number of rotatable bonds is 4. The molecule has 22 heavy (non-hydrogen) atoms. The van der Waals surface area contributed by atoms with E-state index >= 15 is 0 Å². The fraction of sp³-hybridized carbons (Fsp3) is 0.765. The number of likely N-dealkylation sites (tertiary alicyclic amines) is 1. The molecule has 2 saturated heterocycles. The number of anilines is 1. The van der Waals surface area contributed by atoms with Crippen LogP contribution in [0.3, 0.4) is 0 Å². The molecule has 5 heteroatoms. The van der Waals surface area contributed by atoms with E-state index < -0.39 is 0 Å². The molecular formula is C17H26N4S. The van der Waals surface area contributed by atoms with E-state index in [1.165, 1.54) is 58.3 Å². The second-order valence-corrected chi connectivity index (χ2v) is 8.13. The zero-order chi connectivity index (χ0) is 15.0. The summed E-state index contributed by atoms with van der Waals surface area (Å²) in [6, 6.07) is 2.07. The summed E-state index contributed by atoms with van der Waals surface area (Å²) in [5, 5.41) is 0.887. The van der Waals surface area contributed by atoms with Gasteiger partial charge in [-0.3, -0.25) is 0 Å². The molecule has 3 aliphatic rings. The van der Waals surface area contributed by atoms with Gasteiger partial charge in [-0.05, 0) is 56.9 Å². The number of aromatic nitrogens is 2. The van der Waals surface area contributed by atoms with Crippen LogP contribution in [-0.4, -0.2) is 53.8 Å². The van der Waals surface area contributed by atoms with Crippen LogP contribution in [0, 0.1) is 11.3 Å². The number of thioether (sulfide) groups is 1. The topological polar surface area (TPSA) is 32.3 Å². The molecule has 3 fully saturated rings. The summed E-state index contributed by atoms with van der Waals surface area (Å²) in [7, 11) is 0. The highest BCUT2D eigenvalue weighted by Gasteiger charge is 2.42. The van der Waals surface area contributed by atoms with Gasteiger partial charge in [0.1, 0.15) is 5.82 Å². The number of hydrogen-bond donors (Lipinski definition) is 0. The molecule has 1 atom stereocenters. The van der Waals surface area contributed by atoms with Crippen LogP contribution in [0.1, 0.15) is 32.1 Å². The van der Waals surface area contributed by atoms with Crippen molar-refractivity contribution < 1.29 is 0 Å². The second-order valence-electron chi connectivity index (χ2n) is 7.36. The van der Waals surface area contributed by atoms with Crippen LogP contribution in [0.25, 0.3) is 0 Å². The fourth-order valence-electron chi connectivity index (χ4n) is 4.20. The zero-order valence-corrected chi connectivity index (χ0v) is 14.3. The van der Waals surface area contributed by atoms with E-state index in [2.05, 4.69) is 20.9 Å². The largest absolute Gasteiger partial charge is 0.356 e. The molecule has 2 aliphatic heterocycles. The highest BCUT2D eigenvalue weighted by Crippen LogP contribution is 2.41. The van der Waals surface area contributed by atoms with Crippen LogP contribution in [0.2, 0.25) is 0 Å². The molecule has 1 aromatic rings. The second kappa shape index (κ2) is 6.00. The van der Waals surface area contributed by atoms with Gasteiger partial charge >= 0.3 is 0 Å². The van der Waals surface area contributed by atoms with E-state index in [1.807, 2.05) is 12.5 Å². The normalized spacial score (nSPS) is 29.4. The highest BCUT2D eigenvalue weighted by atomic mass is 32.2. The molecule has 0 N–H and O–H groups in total. The Kier molecular flexibility index (Phi) is 4.03. The predicted octanol–water partition coefficient (Wildman–Crippen LogP) is 2.90. The van der Waals surface area contributed by atoms with Crippen molar-refractivity contribution in [3.8, 4) is 0 Å². The summed E-state index contributed by atoms with van der Waals surface area (Å²) in [5.74, 6) is 2.13. The van der Waals surface area contributed by atoms with Crippen molar-refractivity contribution in [3.63, 3.8) is 0 Å². The third-order valence-corrected chi connectivity index (χ3v) is 6.08. The molecule has 4 rings (SSSR count). The van der Waals surface area contributed by atoms with Gasteiger partial charge in [0, 0.05) is 37.8 Å². The van der Waals surface area contributed by atoms with Crippen LogP contribution >= 0.6 is 11.8 Å². The summed E-state index contributed by atoms with van der Waals surface area (Å²) < 4.78 is 0. The molecule has 0 unspecified atom stereocenters. The van der Waals surface area contributed by atoms with E-state index in [-0.39, 0.29) is 0 Å². The standard InChI is InChI=1S/C17H26N4S/c1-22-16-18-8-5-15(19-16)21-10-7-17(13-21)6-2-9-20(12-17)11-14-3-4-14/h5,8,14H,2-4,6-7,9-13H2,1H3/t17-/m0/s1. The third-order valence-electron chi connectivity index (χ3n) is 5.52. The first-order valence-corrected chi connectivity index (χ1v) is 9.83. The van der Waals surface area contributed by atoms with Crippen LogP contribution < -0.4 is 4.90 Å². The fourth-order valence-corrected chi connectivity index (χ4v) is 4.55. The van der Waals surface area contributed by atoms with Crippen molar-refractivity contribution in [1.82, 2.24) is 14.9 Å². The molecule has 0 amide bonds. The van der Waals surface area contributed by atoms with Crippen molar-refractivity contribution in [3.05, 3.63) is 12.3 Å². The molecule has 4 nitrogen and oxygen atoms in total. The smallest absolute Gasteiger partial charge is 0.189 e. The Morgan fingerprint density at radius 2 is 2.18 bits per heavy atom. The first-order chi connectivity index (χ1) is 10.8. The van der Waals surface area contributed by atoms with Gasteiger partial charge in [-0.15, -0.1) is 0 Å². The van der Waals surface area contributed by atoms with Gasteiger partial charge in [-0.1, -0.05) is 11.8 Å².